The van der Waals surface area contributed by atoms with E-state index in [0.29, 0.717) is 22.4 Å². The Labute approximate surface area is 148 Å². The molecule has 5 nitrogen and oxygen atoms in total. The Hall–Kier alpha value is -3.25. The number of hydrogen-bond acceptors (Lipinski definition) is 4. The van der Waals surface area contributed by atoms with Crippen LogP contribution in [0, 0.1) is 0 Å². The molecule has 25 heavy (non-hydrogen) atoms. The van der Waals surface area contributed by atoms with Crippen molar-refractivity contribution in [3.63, 3.8) is 0 Å². The molecule has 1 saturated heterocycles. The van der Waals surface area contributed by atoms with Gasteiger partial charge in [-0.2, -0.15) is 0 Å². The van der Waals surface area contributed by atoms with Crippen LogP contribution in [0.2, 0.25) is 0 Å². The molecule has 122 valence electrons. The van der Waals surface area contributed by atoms with Crippen molar-refractivity contribution >= 4 is 40.3 Å². The summed E-state index contributed by atoms with van der Waals surface area (Å²) in [7, 11) is 0. The predicted octanol–water partition coefficient (Wildman–Crippen LogP) is 2.81. The molecular formula is C19H12N2O3S. The molecule has 2 aromatic carbocycles. The summed E-state index contributed by atoms with van der Waals surface area (Å²) < 4.78 is 5.86. The number of fused-ring (bicyclic) bond motifs is 1. The van der Waals surface area contributed by atoms with Crippen molar-refractivity contribution in [2.45, 2.75) is 0 Å². The van der Waals surface area contributed by atoms with Crippen molar-refractivity contribution in [3.8, 4) is 11.3 Å². The van der Waals surface area contributed by atoms with Crippen LogP contribution in [0.4, 0.5) is 0 Å². The smallest absolute Gasteiger partial charge is 0.273 e. The van der Waals surface area contributed by atoms with Gasteiger partial charge in [-0.15, -0.1) is 0 Å². The van der Waals surface area contributed by atoms with E-state index in [1.54, 1.807) is 24.3 Å². The van der Waals surface area contributed by atoms with Gasteiger partial charge in [0.15, 0.2) is 10.5 Å². The maximum atomic E-state index is 12.3. The second kappa shape index (κ2) is 5.99. The minimum absolute atomic E-state index is 0.0946. The molecule has 6 heteroatoms. The van der Waals surface area contributed by atoms with Gasteiger partial charge in [0.2, 0.25) is 0 Å². The zero-order chi connectivity index (χ0) is 17.4. The molecule has 2 N–H and O–H groups in total. The first-order chi connectivity index (χ1) is 12.1. The van der Waals surface area contributed by atoms with Crippen molar-refractivity contribution in [2.24, 2.45) is 0 Å². The Morgan fingerprint density at radius 3 is 2.60 bits per heavy atom. The largest absolute Gasteiger partial charge is 0.456 e. The Kier molecular flexibility index (Phi) is 3.66. The van der Waals surface area contributed by atoms with Gasteiger partial charge in [-0.3, -0.25) is 14.9 Å². The summed E-state index contributed by atoms with van der Waals surface area (Å²) in [6.45, 7) is 0. The average molecular weight is 348 g/mol. The van der Waals surface area contributed by atoms with Crippen molar-refractivity contribution in [1.29, 1.82) is 0 Å². The molecule has 4 rings (SSSR count). The SMILES string of the molecule is O=C1NC(=S)N/C1=C\c1cccc(-c2cc(=O)c3ccccc3o2)c1. The minimum Gasteiger partial charge on any atom is -0.456 e. The number of hydrogen-bond donors (Lipinski definition) is 2. The van der Waals surface area contributed by atoms with Gasteiger partial charge in [-0.05, 0) is 42.1 Å². The number of carbonyl (C=O) groups excluding carboxylic acids is 1. The third-order valence-electron chi connectivity index (χ3n) is 3.84. The van der Waals surface area contributed by atoms with Crippen LogP contribution in [-0.2, 0) is 4.79 Å². The summed E-state index contributed by atoms with van der Waals surface area (Å²) in [6, 6.07) is 16.0. The van der Waals surface area contributed by atoms with E-state index in [0.717, 1.165) is 11.1 Å². The lowest BCUT2D eigenvalue weighted by Crippen LogP contribution is -2.21. The zero-order valence-electron chi connectivity index (χ0n) is 12.9. The summed E-state index contributed by atoms with van der Waals surface area (Å²) in [5.74, 6) is 0.205. The lowest BCUT2D eigenvalue weighted by atomic mass is 10.1. The molecule has 1 aliphatic heterocycles. The molecule has 1 amide bonds. The van der Waals surface area contributed by atoms with Crippen molar-refractivity contribution in [3.05, 3.63) is 76.1 Å². The van der Waals surface area contributed by atoms with Gasteiger partial charge in [-0.1, -0.05) is 30.3 Å². The first-order valence-corrected chi connectivity index (χ1v) is 7.98. The normalized spacial score (nSPS) is 15.4. The number of thiocarbonyl (C=S) groups is 1. The van der Waals surface area contributed by atoms with Crippen LogP contribution in [0.25, 0.3) is 28.4 Å². The summed E-state index contributed by atoms with van der Waals surface area (Å²) in [4.78, 5) is 24.0. The Bertz CT molecular complexity index is 1110. The topological polar surface area (TPSA) is 71.3 Å². The number of carbonyl (C=O) groups is 1. The maximum Gasteiger partial charge on any atom is 0.273 e. The fraction of sp³-hybridized carbons (Fsp3) is 0. The average Bonchev–Trinajstić information content (AvgIpc) is 2.92. The van der Waals surface area contributed by atoms with Gasteiger partial charge in [0.05, 0.1) is 5.39 Å². The monoisotopic (exact) mass is 348 g/mol. The Balaban J connectivity index is 1.78. The molecule has 0 unspecified atom stereocenters. The van der Waals surface area contributed by atoms with E-state index < -0.39 is 0 Å². The van der Waals surface area contributed by atoms with Crippen LogP contribution in [0.1, 0.15) is 5.56 Å². The van der Waals surface area contributed by atoms with E-state index in [-0.39, 0.29) is 16.4 Å². The van der Waals surface area contributed by atoms with E-state index >= 15 is 0 Å². The van der Waals surface area contributed by atoms with Gasteiger partial charge in [0.25, 0.3) is 5.91 Å². The summed E-state index contributed by atoms with van der Waals surface area (Å²) in [6.07, 6.45) is 1.69. The highest BCUT2D eigenvalue weighted by atomic mass is 32.1. The molecule has 0 aliphatic carbocycles. The molecule has 0 spiro atoms. The van der Waals surface area contributed by atoms with E-state index in [1.807, 2.05) is 30.3 Å². The van der Waals surface area contributed by atoms with Crippen molar-refractivity contribution < 1.29 is 9.21 Å². The first kappa shape index (κ1) is 15.3. The van der Waals surface area contributed by atoms with Crippen LogP contribution < -0.4 is 16.1 Å². The number of benzene rings is 2. The van der Waals surface area contributed by atoms with Crippen LogP contribution in [-0.4, -0.2) is 11.0 Å². The summed E-state index contributed by atoms with van der Waals surface area (Å²) >= 11 is 4.92. The third-order valence-corrected chi connectivity index (χ3v) is 4.04. The van der Waals surface area contributed by atoms with Gasteiger partial charge >= 0.3 is 0 Å². The predicted molar refractivity (Wildman–Crippen MR) is 99.8 cm³/mol. The second-order valence-electron chi connectivity index (χ2n) is 5.56. The first-order valence-electron chi connectivity index (χ1n) is 7.57. The molecule has 0 atom stereocenters. The molecular weight excluding hydrogens is 336 g/mol. The van der Waals surface area contributed by atoms with Crippen LogP contribution in [0.15, 0.2) is 69.5 Å². The number of amides is 1. The lowest BCUT2D eigenvalue weighted by molar-refractivity contribution is -0.115. The standard InChI is InChI=1S/C19H12N2O3S/c22-15-10-17(24-16-7-2-1-6-13(15)16)12-5-3-4-11(8-12)9-14-18(23)21-19(25)20-14/h1-10H,(H2,20,21,23,25)/b14-9-. The van der Waals surface area contributed by atoms with Gasteiger partial charge < -0.3 is 9.73 Å². The Morgan fingerprint density at radius 2 is 1.80 bits per heavy atom. The van der Waals surface area contributed by atoms with E-state index in [4.69, 9.17) is 16.6 Å². The molecule has 1 aromatic heterocycles. The number of nitrogens with one attached hydrogen (secondary N) is 2. The number of para-hydroxylation sites is 1. The highest BCUT2D eigenvalue weighted by Gasteiger charge is 2.19. The third kappa shape index (κ3) is 2.95. The summed E-state index contributed by atoms with van der Waals surface area (Å²) in [5, 5.41) is 6.15. The minimum atomic E-state index is -0.271. The molecule has 0 saturated carbocycles. The van der Waals surface area contributed by atoms with E-state index in [1.165, 1.54) is 6.07 Å². The fourth-order valence-electron chi connectivity index (χ4n) is 2.68. The zero-order valence-corrected chi connectivity index (χ0v) is 13.7. The van der Waals surface area contributed by atoms with Gasteiger partial charge in [0.1, 0.15) is 17.0 Å². The van der Waals surface area contributed by atoms with Crippen LogP contribution in [0.5, 0.6) is 0 Å². The molecule has 1 fully saturated rings. The highest BCUT2D eigenvalue weighted by molar-refractivity contribution is 7.80. The lowest BCUT2D eigenvalue weighted by Gasteiger charge is -2.04. The molecule has 2 heterocycles. The molecule has 3 aromatic rings. The van der Waals surface area contributed by atoms with Crippen molar-refractivity contribution in [1.82, 2.24) is 10.6 Å². The molecule has 1 aliphatic rings. The fourth-order valence-corrected chi connectivity index (χ4v) is 2.88. The van der Waals surface area contributed by atoms with E-state index in [9.17, 15) is 9.59 Å². The second-order valence-corrected chi connectivity index (χ2v) is 5.97. The Morgan fingerprint density at radius 1 is 0.960 bits per heavy atom. The van der Waals surface area contributed by atoms with E-state index in [2.05, 4.69) is 10.6 Å². The maximum absolute atomic E-state index is 12.3. The highest BCUT2D eigenvalue weighted by Crippen LogP contribution is 2.23. The molecule has 0 radical (unpaired) electrons. The van der Waals surface area contributed by atoms with Gasteiger partial charge in [0, 0.05) is 11.6 Å². The van der Waals surface area contributed by atoms with Crippen LogP contribution in [0.3, 0.4) is 0 Å². The van der Waals surface area contributed by atoms with Crippen molar-refractivity contribution in [2.75, 3.05) is 0 Å². The molecule has 0 bridgehead atoms. The number of rotatable bonds is 2. The van der Waals surface area contributed by atoms with Crippen LogP contribution >= 0.6 is 12.2 Å². The summed E-state index contributed by atoms with van der Waals surface area (Å²) in [5.41, 5.74) is 2.36. The van der Waals surface area contributed by atoms with Gasteiger partial charge in [-0.25, -0.2) is 0 Å². The quantitative estimate of drug-likeness (QED) is 0.550.